The second-order valence-corrected chi connectivity index (χ2v) is 7.77. The molecule has 3 aromatic rings. The van der Waals surface area contributed by atoms with Crippen molar-refractivity contribution in [2.45, 2.75) is 18.5 Å². The molecule has 144 valence electrons. The van der Waals surface area contributed by atoms with Gasteiger partial charge >= 0.3 is 6.09 Å². The summed E-state index contributed by atoms with van der Waals surface area (Å²) in [6.45, 7) is 1.03. The van der Waals surface area contributed by atoms with Crippen LogP contribution in [0.3, 0.4) is 0 Å². The van der Waals surface area contributed by atoms with E-state index in [-0.39, 0.29) is 18.1 Å². The summed E-state index contributed by atoms with van der Waals surface area (Å²) in [6.07, 6.45) is 5.79. The first-order valence-corrected chi connectivity index (χ1v) is 9.98. The summed E-state index contributed by atoms with van der Waals surface area (Å²) in [4.78, 5) is 18.5. The number of cyclic esters (lactones) is 1. The number of hydrogen-bond acceptors (Lipinski definition) is 3. The van der Waals surface area contributed by atoms with Crippen molar-refractivity contribution in [3.8, 4) is 11.1 Å². The molecule has 29 heavy (non-hydrogen) atoms. The van der Waals surface area contributed by atoms with Crippen LogP contribution in [0.4, 0.5) is 4.79 Å². The minimum atomic E-state index is -0.230. The largest absolute Gasteiger partial charge is 0.447 e. The Bertz CT molecular complexity index is 1090. The topological polar surface area (TPSA) is 42.4 Å². The van der Waals surface area contributed by atoms with Gasteiger partial charge < -0.3 is 4.74 Å². The minimum Gasteiger partial charge on any atom is -0.447 e. The quantitative estimate of drug-likeness (QED) is 0.578. The van der Waals surface area contributed by atoms with Gasteiger partial charge in [-0.15, -0.1) is 0 Å². The molecule has 0 N–H and O–H groups in total. The fraction of sp³-hybridized carbons (Fsp3) is 0.167. The highest BCUT2D eigenvalue weighted by Crippen LogP contribution is 2.37. The Morgan fingerprint density at radius 2 is 1.97 bits per heavy atom. The third-order valence-electron chi connectivity index (χ3n) is 5.60. The average Bonchev–Trinajstić information content (AvgIpc) is 3.12. The maximum atomic E-state index is 12.1. The number of carbonyl (C=O) groups is 1. The van der Waals surface area contributed by atoms with Crippen LogP contribution >= 0.6 is 11.6 Å². The number of hydrogen-bond donors (Lipinski definition) is 0. The summed E-state index contributed by atoms with van der Waals surface area (Å²) in [6, 6.07) is 20.1. The molecule has 2 aliphatic heterocycles. The summed E-state index contributed by atoms with van der Waals surface area (Å²) in [7, 11) is 0. The third kappa shape index (κ3) is 3.40. The van der Waals surface area contributed by atoms with E-state index in [9.17, 15) is 4.79 Å². The number of benzene rings is 2. The molecule has 2 unspecified atom stereocenters. The Hall–Kier alpha value is -3.11. The first-order chi connectivity index (χ1) is 14.2. The molecule has 2 aromatic carbocycles. The molecule has 0 aliphatic carbocycles. The van der Waals surface area contributed by atoms with E-state index in [2.05, 4.69) is 23.2 Å². The van der Waals surface area contributed by atoms with E-state index in [1.165, 1.54) is 11.1 Å². The minimum absolute atomic E-state index is 0.0272. The summed E-state index contributed by atoms with van der Waals surface area (Å²) >= 11 is 6.09. The van der Waals surface area contributed by atoms with Gasteiger partial charge in [0.25, 0.3) is 0 Å². The standard InChI is InChI=1S/C24H19ClN2O2/c25-19-6-3-5-16(12-19)17-8-9-20(26-13-17)10-11-22-21-7-2-1-4-18(21)14-27-23(22)15-29-24(27)28/h1-13,22-23H,14-15H2/b11-10+. The number of ether oxygens (including phenoxy) is 1. The molecule has 3 heterocycles. The lowest BCUT2D eigenvalue weighted by atomic mass is 9.84. The molecular formula is C24H19ClN2O2. The van der Waals surface area contributed by atoms with Crippen molar-refractivity contribution >= 4 is 23.8 Å². The second-order valence-electron chi connectivity index (χ2n) is 7.34. The van der Waals surface area contributed by atoms with Crippen LogP contribution in [0.5, 0.6) is 0 Å². The monoisotopic (exact) mass is 402 g/mol. The molecule has 0 bridgehead atoms. The van der Waals surface area contributed by atoms with Crippen LogP contribution in [0.15, 0.2) is 72.9 Å². The van der Waals surface area contributed by atoms with E-state index in [4.69, 9.17) is 16.3 Å². The number of pyridine rings is 1. The Balaban J connectivity index is 1.42. The van der Waals surface area contributed by atoms with E-state index < -0.39 is 0 Å². The fourth-order valence-electron chi connectivity index (χ4n) is 4.12. The first-order valence-electron chi connectivity index (χ1n) is 9.60. The van der Waals surface area contributed by atoms with Gasteiger partial charge in [0.1, 0.15) is 6.61 Å². The Kier molecular flexibility index (Phi) is 4.57. The van der Waals surface area contributed by atoms with Gasteiger partial charge in [0, 0.05) is 29.2 Å². The number of fused-ring (bicyclic) bond motifs is 2. The maximum Gasteiger partial charge on any atom is 0.410 e. The molecule has 0 saturated carbocycles. The van der Waals surface area contributed by atoms with Gasteiger partial charge in [-0.1, -0.05) is 60.1 Å². The van der Waals surface area contributed by atoms with E-state index >= 15 is 0 Å². The number of amides is 1. The molecule has 0 radical (unpaired) electrons. The van der Waals surface area contributed by atoms with Gasteiger partial charge in [-0.2, -0.15) is 0 Å². The van der Waals surface area contributed by atoms with E-state index in [1.807, 2.05) is 65.7 Å². The van der Waals surface area contributed by atoms with Crippen LogP contribution in [0.2, 0.25) is 5.02 Å². The lowest BCUT2D eigenvalue weighted by Crippen LogP contribution is -2.41. The second kappa shape index (κ2) is 7.37. The number of halogens is 1. The molecule has 1 fully saturated rings. The first kappa shape index (κ1) is 18.0. The molecule has 4 nitrogen and oxygen atoms in total. The number of rotatable bonds is 3. The molecule has 5 heteroatoms. The Morgan fingerprint density at radius 3 is 2.79 bits per heavy atom. The normalized spacial score (nSPS) is 20.4. The van der Waals surface area contributed by atoms with Crippen molar-refractivity contribution in [2.75, 3.05) is 6.61 Å². The van der Waals surface area contributed by atoms with E-state index in [1.54, 1.807) is 0 Å². The summed E-state index contributed by atoms with van der Waals surface area (Å²) in [5.41, 5.74) is 5.35. The van der Waals surface area contributed by atoms with Crippen molar-refractivity contribution in [3.63, 3.8) is 0 Å². The highest BCUT2D eigenvalue weighted by Gasteiger charge is 2.42. The zero-order valence-electron chi connectivity index (χ0n) is 15.7. The van der Waals surface area contributed by atoms with Gasteiger partial charge in [0.15, 0.2) is 0 Å². The van der Waals surface area contributed by atoms with Crippen LogP contribution < -0.4 is 0 Å². The van der Waals surface area contributed by atoms with Crippen LogP contribution in [0.1, 0.15) is 22.7 Å². The zero-order valence-corrected chi connectivity index (χ0v) is 16.4. The number of carbonyl (C=O) groups excluding carboxylic acids is 1. The van der Waals surface area contributed by atoms with Crippen LogP contribution in [-0.2, 0) is 11.3 Å². The average molecular weight is 403 g/mol. The molecule has 1 aromatic heterocycles. The third-order valence-corrected chi connectivity index (χ3v) is 5.84. The zero-order chi connectivity index (χ0) is 19.8. The predicted molar refractivity (Wildman–Crippen MR) is 114 cm³/mol. The SMILES string of the molecule is O=C1OCC2C(/C=C/c3ccc(-c4cccc(Cl)c4)cn3)c3ccccc3CN12. The number of nitrogens with zero attached hydrogens (tertiary/aromatic N) is 2. The van der Waals surface area contributed by atoms with Gasteiger partial charge in [-0.3, -0.25) is 9.88 Å². The number of aromatic nitrogens is 1. The lowest BCUT2D eigenvalue weighted by Gasteiger charge is -2.34. The lowest BCUT2D eigenvalue weighted by molar-refractivity contribution is 0.154. The molecule has 1 amide bonds. The molecule has 5 rings (SSSR count). The molecule has 2 atom stereocenters. The maximum absolute atomic E-state index is 12.1. The Morgan fingerprint density at radius 1 is 1.07 bits per heavy atom. The van der Waals surface area contributed by atoms with Gasteiger partial charge in [-0.25, -0.2) is 4.79 Å². The van der Waals surface area contributed by atoms with Gasteiger partial charge in [0.05, 0.1) is 11.7 Å². The highest BCUT2D eigenvalue weighted by atomic mass is 35.5. The van der Waals surface area contributed by atoms with E-state index in [0.29, 0.717) is 18.2 Å². The highest BCUT2D eigenvalue weighted by molar-refractivity contribution is 6.30. The summed E-state index contributed by atoms with van der Waals surface area (Å²) in [5.74, 6) is 0.0841. The molecule has 0 spiro atoms. The Labute approximate surface area is 174 Å². The summed E-state index contributed by atoms with van der Waals surface area (Å²) in [5, 5.41) is 0.709. The van der Waals surface area contributed by atoms with Crippen molar-refractivity contribution in [1.29, 1.82) is 0 Å². The molecular weight excluding hydrogens is 384 g/mol. The van der Waals surface area contributed by atoms with Crippen molar-refractivity contribution in [2.24, 2.45) is 0 Å². The summed E-state index contributed by atoms with van der Waals surface area (Å²) < 4.78 is 5.31. The van der Waals surface area contributed by atoms with Crippen LogP contribution in [0.25, 0.3) is 17.2 Å². The molecule has 2 aliphatic rings. The van der Waals surface area contributed by atoms with E-state index in [0.717, 1.165) is 16.8 Å². The predicted octanol–water partition coefficient (Wildman–Crippen LogP) is 5.53. The van der Waals surface area contributed by atoms with Crippen molar-refractivity contribution in [1.82, 2.24) is 9.88 Å². The van der Waals surface area contributed by atoms with Crippen molar-refractivity contribution < 1.29 is 9.53 Å². The van der Waals surface area contributed by atoms with Crippen molar-refractivity contribution in [3.05, 3.63) is 94.8 Å². The fourth-order valence-corrected chi connectivity index (χ4v) is 4.31. The van der Waals surface area contributed by atoms with Gasteiger partial charge in [0.2, 0.25) is 0 Å². The van der Waals surface area contributed by atoms with Crippen LogP contribution in [0, 0.1) is 0 Å². The van der Waals surface area contributed by atoms with Gasteiger partial charge in [-0.05, 0) is 41.0 Å². The van der Waals surface area contributed by atoms with Crippen LogP contribution in [-0.4, -0.2) is 28.6 Å². The smallest absolute Gasteiger partial charge is 0.410 e. The molecule has 1 saturated heterocycles.